The van der Waals surface area contributed by atoms with E-state index in [-0.39, 0.29) is 24.1 Å². The Morgan fingerprint density at radius 2 is 1.91 bits per heavy atom. The number of nitrogens with zero attached hydrogens (tertiary/aromatic N) is 2. The molecule has 4 rings (SSSR count). The lowest BCUT2D eigenvalue weighted by Gasteiger charge is -2.35. The van der Waals surface area contributed by atoms with E-state index in [1.807, 2.05) is 17.1 Å². The van der Waals surface area contributed by atoms with Gasteiger partial charge in [0.05, 0.1) is 18.9 Å². The first kappa shape index (κ1) is 22.6. The molecule has 33 heavy (non-hydrogen) atoms. The minimum Gasteiger partial charge on any atom is -0.379 e. The van der Waals surface area contributed by atoms with Crippen LogP contribution in [0, 0.1) is 5.82 Å². The number of H-pyrrole nitrogens is 2. The van der Waals surface area contributed by atoms with Gasteiger partial charge in [0.2, 0.25) is 0 Å². The maximum absolute atomic E-state index is 13.4. The van der Waals surface area contributed by atoms with Crippen LogP contribution >= 0.6 is 0 Å². The van der Waals surface area contributed by atoms with Crippen LogP contribution in [0.25, 0.3) is 11.3 Å². The van der Waals surface area contributed by atoms with Crippen molar-refractivity contribution in [3.63, 3.8) is 0 Å². The van der Waals surface area contributed by atoms with E-state index in [0.29, 0.717) is 32.7 Å². The van der Waals surface area contributed by atoms with Crippen LogP contribution in [0.2, 0.25) is 0 Å². The van der Waals surface area contributed by atoms with Crippen molar-refractivity contribution in [2.75, 3.05) is 32.8 Å². The van der Waals surface area contributed by atoms with Crippen molar-refractivity contribution in [2.45, 2.75) is 12.5 Å². The van der Waals surface area contributed by atoms with Crippen LogP contribution in [0.15, 0.2) is 58.3 Å². The number of nitrogens with one attached hydrogen (secondary N) is 3. The van der Waals surface area contributed by atoms with Gasteiger partial charge in [-0.3, -0.25) is 24.5 Å². The maximum atomic E-state index is 13.4. The molecular formula is C23H24FN5O4. The van der Waals surface area contributed by atoms with E-state index in [0.717, 1.165) is 22.9 Å². The van der Waals surface area contributed by atoms with Gasteiger partial charge in [-0.15, -0.1) is 0 Å². The third kappa shape index (κ3) is 5.79. The van der Waals surface area contributed by atoms with Gasteiger partial charge in [-0.2, -0.15) is 0 Å². The van der Waals surface area contributed by atoms with Crippen LogP contribution < -0.4 is 16.6 Å². The second-order valence-electron chi connectivity index (χ2n) is 7.74. The van der Waals surface area contributed by atoms with E-state index in [9.17, 15) is 18.8 Å². The molecule has 0 spiro atoms. The number of hydrogen-bond acceptors (Lipinski definition) is 6. The molecule has 3 aromatic rings. The molecule has 1 fully saturated rings. The molecule has 0 saturated carbocycles. The summed E-state index contributed by atoms with van der Waals surface area (Å²) in [5.74, 6) is -0.857. The summed E-state index contributed by atoms with van der Waals surface area (Å²) in [7, 11) is 0. The molecule has 172 valence electrons. The predicted octanol–water partition coefficient (Wildman–Crippen LogP) is 0.938. The number of carbonyl (C=O) groups is 1. The van der Waals surface area contributed by atoms with E-state index >= 15 is 0 Å². The number of ether oxygens (including phenoxy) is 1. The molecule has 9 nitrogen and oxygen atoms in total. The fourth-order valence-electron chi connectivity index (χ4n) is 3.89. The standard InChI is InChI=1S/C23H24FN5O4/c24-17-5-3-15(4-6-17)21-16(2-1-7-25-21)12-18(29-8-10-33-11-9-29)14-26-22(31)19-13-20(30)28-23(32)27-19/h1-7,13,18H,8-12,14H2,(H,26,31)(H2,27,28,30,32). The van der Waals surface area contributed by atoms with Crippen molar-refractivity contribution in [1.82, 2.24) is 25.2 Å². The number of aromatic amines is 2. The number of benzene rings is 1. The first-order chi connectivity index (χ1) is 16.0. The van der Waals surface area contributed by atoms with Crippen LogP contribution in [0.3, 0.4) is 0 Å². The molecule has 1 saturated heterocycles. The molecule has 2 aromatic heterocycles. The van der Waals surface area contributed by atoms with E-state index in [1.165, 1.54) is 12.1 Å². The third-order valence-corrected chi connectivity index (χ3v) is 5.53. The number of pyridine rings is 1. The normalized spacial score (nSPS) is 15.2. The molecule has 1 aromatic carbocycles. The molecule has 1 aliphatic rings. The first-order valence-electron chi connectivity index (χ1n) is 10.6. The SMILES string of the molecule is O=C(NCC(Cc1cccnc1-c1ccc(F)cc1)N1CCOCC1)c1cc(=O)[nH]c(=O)[nH]1. The van der Waals surface area contributed by atoms with Crippen molar-refractivity contribution >= 4 is 5.91 Å². The van der Waals surface area contributed by atoms with E-state index < -0.39 is 17.2 Å². The number of carbonyl (C=O) groups excluding carboxylic acids is 1. The van der Waals surface area contributed by atoms with E-state index in [1.54, 1.807) is 18.3 Å². The molecule has 1 aliphatic heterocycles. The van der Waals surface area contributed by atoms with Gasteiger partial charge in [0, 0.05) is 43.5 Å². The van der Waals surface area contributed by atoms with Gasteiger partial charge < -0.3 is 15.0 Å². The van der Waals surface area contributed by atoms with E-state index in [4.69, 9.17) is 4.74 Å². The van der Waals surface area contributed by atoms with Crippen molar-refractivity contribution < 1.29 is 13.9 Å². The Labute approximate surface area is 188 Å². The van der Waals surface area contributed by atoms with Crippen molar-refractivity contribution in [2.24, 2.45) is 0 Å². The zero-order valence-corrected chi connectivity index (χ0v) is 17.8. The predicted molar refractivity (Wildman–Crippen MR) is 120 cm³/mol. The molecule has 3 heterocycles. The Kier molecular flexibility index (Phi) is 7.06. The minimum absolute atomic E-state index is 0.0880. The van der Waals surface area contributed by atoms with Crippen LogP contribution in [-0.4, -0.2) is 64.6 Å². The molecule has 1 atom stereocenters. The smallest absolute Gasteiger partial charge is 0.326 e. The minimum atomic E-state index is -0.739. The molecule has 1 amide bonds. The molecular weight excluding hydrogens is 429 g/mol. The molecule has 0 aliphatic carbocycles. The van der Waals surface area contributed by atoms with Crippen molar-refractivity contribution in [3.8, 4) is 11.3 Å². The molecule has 10 heteroatoms. The maximum Gasteiger partial charge on any atom is 0.326 e. The van der Waals surface area contributed by atoms with Gasteiger partial charge in [-0.25, -0.2) is 9.18 Å². The molecule has 0 bridgehead atoms. The lowest BCUT2D eigenvalue weighted by Crippen LogP contribution is -2.50. The van der Waals surface area contributed by atoms with Crippen LogP contribution in [0.4, 0.5) is 4.39 Å². The summed E-state index contributed by atoms with van der Waals surface area (Å²) in [6.45, 7) is 2.86. The van der Waals surface area contributed by atoms with Gasteiger partial charge >= 0.3 is 5.69 Å². The zero-order chi connectivity index (χ0) is 23.2. The fourth-order valence-corrected chi connectivity index (χ4v) is 3.89. The second kappa shape index (κ2) is 10.3. The van der Waals surface area contributed by atoms with Crippen molar-refractivity contribution in [1.29, 1.82) is 0 Å². The number of halogens is 1. The van der Waals surface area contributed by atoms with Gasteiger partial charge in [0.1, 0.15) is 11.5 Å². The Morgan fingerprint density at radius 3 is 2.64 bits per heavy atom. The average Bonchev–Trinajstić information content (AvgIpc) is 2.82. The van der Waals surface area contributed by atoms with Gasteiger partial charge in [0.25, 0.3) is 11.5 Å². The number of aromatic nitrogens is 3. The second-order valence-corrected chi connectivity index (χ2v) is 7.74. The largest absolute Gasteiger partial charge is 0.379 e. The number of hydrogen-bond donors (Lipinski definition) is 3. The highest BCUT2D eigenvalue weighted by atomic mass is 19.1. The first-order valence-corrected chi connectivity index (χ1v) is 10.6. The lowest BCUT2D eigenvalue weighted by molar-refractivity contribution is 0.0167. The number of amides is 1. The topological polar surface area (TPSA) is 120 Å². The summed E-state index contributed by atoms with van der Waals surface area (Å²) in [6.07, 6.45) is 2.27. The lowest BCUT2D eigenvalue weighted by atomic mass is 9.98. The molecule has 0 radical (unpaired) electrons. The van der Waals surface area contributed by atoms with Crippen LogP contribution in [-0.2, 0) is 11.2 Å². The van der Waals surface area contributed by atoms with Gasteiger partial charge in [0.15, 0.2) is 0 Å². The zero-order valence-electron chi connectivity index (χ0n) is 17.8. The number of morpholine rings is 1. The molecule has 1 unspecified atom stereocenters. The summed E-state index contributed by atoms with van der Waals surface area (Å²) >= 11 is 0. The number of rotatable bonds is 7. The summed E-state index contributed by atoms with van der Waals surface area (Å²) < 4.78 is 18.9. The van der Waals surface area contributed by atoms with Crippen LogP contribution in [0.5, 0.6) is 0 Å². The quantitative estimate of drug-likeness (QED) is 0.490. The Morgan fingerprint density at radius 1 is 1.15 bits per heavy atom. The summed E-state index contributed by atoms with van der Waals surface area (Å²) in [5.41, 5.74) is 1.03. The van der Waals surface area contributed by atoms with Gasteiger partial charge in [-0.1, -0.05) is 6.07 Å². The Bertz CT molecular complexity index is 1190. The van der Waals surface area contributed by atoms with Gasteiger partial charge in [-0.05, 0) is 42.3 Å². The fraction of sp³-hybridized carbons (Fsp3) is 0.304. The van der Waals surface area contributed by atoms with E-state index in [2.05, 4.69) is 20.2 Å². The highest BCUT2D eigenvalue weighted by Gasteiger charge is 2.24. The highest BCUT2D eigenvalue weighted by Crippen LogP contribution is 2.24. The summed E-state index contributed by atoms with van der Waals surface area (Å²) in [4.78, 5) is 46.7. The Hall–Kier alpha value is -3.63. The average molecular weight is 453 g/mol. The molecule has 3 N–H and O–H groups in total. The summed E-state index contributed by atoms with van der Waals surface area (Å²) in [6, 6.07) is 11.0. The Balaban J connectivity index is 1.55. The highest BCUT2D eigenvalue weighted by molar-refractivity contribution is 5.92. The van der Waals surface area contributed by atoms with Crippen molar-refractivity contribution in [3.05, 3.63) is 86.6 Å². The summed E-state index contributed by atoms with van der Waals surface area (Å²) in [5, 5.41) is 2.82. The third-order valence-electron chi connectivity index (χ3n) is 5.53. The van der Waals surface area contributed by atoms with Crippen LogP contribution in [0.1, 0.15) is 16.1 Å². The monoisotopic (exact) mass is 453 g/mol.